The van der Waals surface area contributed by atoms with Gasteiger partial charge in [-0.05, 0) is 30.9 Å². The van der Waals surface area contributed by atoms with Crippen molar-refractivity contribution in [3.05, 3.63) is 23.9 Å². The van der Waals surface area contributed by atoms with Crippen molar-refractivity contribution in [3.63, 3.8) is 0 Å². The number of hydrogen-bond acceptors (Lipinski definition) is 2. The fraction of sp³-hybridized carbons (Fsp3) is 0.571. The molecule has 1 saturated carbocycles. The Morgan fingerprint density at radius 3 is 2.88 bits per heavy atom. The van der Waals surface area contributed by atoms with Crippen molar-refractivity contribution in [3.8, 4) is 0 Å². The summed E-state index contributed by atoms with van der Waals surface area (Å²) in [7, 11) is 0. The highest BCUT2D eigenvalue weighted by atomic mass is 16.1. The van der Waals surface area contributed by atoms with Crippen molar-refractivity contribution in [2.45, 2.75) is 45.4 Å². The van der Waals surface area contributed by atoms with E-state index in [1.165, 1.54) is 19.3 Å². The van der Waals surface area contributed by atoms with Gasteiger partial charge in [0.05, 0.1) is 0 Å². The van der Waals surface area contributed by atoms with Gasteiger partial charge in [-0.3, -0.25) is 4.79 Å². The maximum Gasteiger partial charge on any atom is 0.228 e. The first-order valence-corrected chi connectivity index (χ1v) is 6.56. The molecule has 1 heterocycles. The van der Waals surface area contributed by atoms with Crippen LogP contribution in [0.5, 0.6) is 0 Å². The summed E-state index contributed by atoms with van der Waals surface area (Å²) in [5.74, 6) is 1.08. The highest BCUT2D eigenvalue weighted by Gasteiger charge is 2.21. The van der Waals surface area contributed by atoms with Gasteiger partial charge in [0.1, 0.15) is 5.82 Å². The van der Waals surface area contributed by atoms with E-state index in [4.69, 9.17) is 0 Å². The third-order valence-corrected chi connectivity index (χ3v) is 3.49. The van der Waals surface area contributed by atoms with E-state index in [-0.39, 0.29) is 11.8 Å². The number of nitrogens with one attached hydrogen (secondary N) is 1. The van der Waals surface area contributed by atoms with E-state index in [1.54, 1.807) is 6.20 Å². The average Bonchev–Trinajstić information content (AvgIpc) is 2.40. The first-order chi connectivity index (χ1) is 8.31. The van der Waals surface area contributed by atoms with E-state index in [0.717, 1.165) is 30.6 Å². The molecular formula is C14H20N2O. The number of carbonyl (C=O) groups is 1. The lowest BCUT2D eigenvalue weighted by atomic mass is 9.88. The van der Waals surface area contributed by atoms with Crippen molar-refractivity contribution >= 4 is 11.7 Å². The molecule has 0 atom stereocenters. The minimum absolute atomic E-state index is 0.151. The zero-order chi connectivity index (χ0) is 12.1. The van der Waals surface area contributed by atoms with Gasteiger partial charge in [-0.15, -0.1) is 0 Å². The van der Waals surface area contributed by atoms with Crippen molar-refractivity contribution in [1.29, 1.82) is 0 Å². The molecule has 0 aromatic carbocycles. The van der Waals surface area contributed by atoms with Crippen molar-refractivity contribution in [1.82, 2.24) is 4.98 Å². The van der Waals surface area contributed by atoms with Crippen molar-refractivity contribution in [2.75, 3.05) is 5.32 Å². The summed E-state index contributed by atoms with van der Waals surface area (Å²) in [4.78, 5) is 16.3. The third kappa shape index (κ3) is 3.05. The summed E-state index contributed by atoms with van der Waals surface area (Å²) < 4.78 is 0. The van der Waals surface area contributed by atoms with Crippen LogP contribution in [-0.4, -0.2) is 10.9 Å². The molecule has 1 aliphatic carbocycles. The maximum atomic E-state index is 12.1. The van der Waals surface area contributed by atoms with Gasteiger partial charge in [0.2, 0.25) is 5.91 Å². The summed E-state index contributed by atoms with van der Waals surface area (Å²) >= 11 is 0. The second-order valence-electron chi connectivity index (χ2n) is 4.69. The van der Waals surface area contributed by atoms with Crippen LogP contribution in [0.4, 0.5) is 5.82 Å². The molecule has 0 radical (unpaired) electrons. The zero-order valence-corrected chi connectivity index (χ0v) is 10.4. The average molecular weight is 232 g/mol. The highest BCUT2D eigenvalue weighted by Crippen LogP contribution is 2.25. The highest BCUT2D eigenvalue weighted by molar-refractivity contribution is 5.92. The second-order valence-corrected chi connectivity index (χ2v) is 4.69. The minimum atomic E-state index is 0.151. The standard InChI is InChI=1S/C14H20N2O/c1-2-11-9-6-10-15-13(11)16-14(17)12-7-4-3-5-8-12/h6,9-10,12H,2-5,7-8H2,1H3,(H,15,16,17). The van der Waals surface area contributed by atoms with Crippen molar-refractivity contribution < 1.29 is 4.79 Å². The van der Waals surface area contributed by atoms with Gasteiger partial charge in [0, 0.05) is 12.1 Å². The largest absolute Gasteiger partial charge is 0.310 e. The molecule has 0 unspecified atom stereocenters. The number of aromatic nitrogens is 1. The molecule has 1 aliphatic rings. The summed E-state index contributed by atoms with van der Waals surface area (Å²) in [5.41, 5.74) is 1.11. The summed E-state index contributed by atoms with van der Waals surface area (Å²) in [5, 5.41) is 2.98. The van der Waals surface area contributed by atoms with Crippen molar-refractivity contribution in [2.24, 2.45) is 5.92 Å². The van der Waals surface area contributed by atoms with Crippen LogP contribution in [0.3, 0.4) is 0 Å². The van der Waals surface area contributed by atoms with Crippen LogP contribution in [0, 0.1) is 5.92 Å². The minimum Gasteiger partial charge on any atom is -0.310 e. The smallest absolute Gasteiger partial charge is 0.228 e. The monoisotopic (exact) mass is 232 g/mol. The molecule has 3 heteroatoms. The first-order valence-electron chi connectivity index (χ1n) is 6.56. The fourth-order valence-electron chi connectivity index (χ4n) is 2.42. The summed E-state index contributed by atoms with van der Waals surface area (Å²) in [6, 6.07) is 3.93. The molecule has 1 fully saturated rings. The Kier molecular flexibility index (Phi) is 4.13. The van der Waals surface area contributed by atoms with Gasteiger partial charge >= 0.3 is 0 Å². The number of nitrogens with zero attached hydrogens (tertiary/aromatic N) is 1. The number of rotatable bonds is 3. The predicted octanol–water partition coefficient (Wildman–Crippen LogP) is 3.16. The molecule has 1 aromatic rings. The van der Waals surface area contributed by atoms with Crippen LogP contribution in [0.15, 0.2) is 18.3 Å². The molecule has 3 nitrogen and oxygen atoms in total. The molecule has 1 amide bonds. The number of anilines is 1. The molecule has 2 rings (SSSR count). The van der Waals surface area contributed by atoms with Crippen LogP contribution in [0.25, 0.3) is 0 Å². The SMILES string of the molecule is CCc1cccnc1NC(=O)C1CCCCC1. The lowest BCUT2D eigenvalue weighted by Crippen LogP contribution is -2.25. The lowest BCUT2D eigenvalue weighted by molar-refractivity contribution is -0.120. The van der Waals surface area contributed by atoms with Crippen LogP contribution in [0.1, 0.15) is 44.6 Å². The van der Waals surface area contributed by atoms with Gasteiger partial charge in [0.15, 0.2) is 0 Å². The fourth-order valence-corrected chi connectivity index (χ4v) is 2.42. The Hall–Kier alpha value is -1.38. The quantitative estimate of drug-likeness (QED) is 0.869. The Bertz CT molecular complexity index is 384. The van der Waals surface area contributed by atoms with E-state index in [2.05, 4.69) is 17.2 Å². The Labute approximate surface area is 103 Å². The third-order valence-electron chi connectivity index (χ3n) is 3.49. The molecule has 1 N–H and O–H groups in total. The predicted molar refractivity (Wildman–Crippen MR) is 68.8 cm³/mol. The van der Waals surface area contributed by atoms with E-state index >= 15 is 0 Å². The van der Waals surface area contributed by atoms with Gasteiger partial charge in [0.25, 0.3) is 0 Å². The van der Waals surface area contributed by atoms with Crippen LogP contribution < -0.4 is 5.32 Å². The Morgan fingerprint density at radius 1 is 1.41 bits per heavy atom. The normalized spacial score (nSPS) is 16.8. The molecule has 17 heavy (non-hydrogen) atoms. The second kappa shape index (κ2) is 5.80. The molecule has 92 valence electrons. The molecule has 0 saturated heterocycles. The molecular weight excluding hydrogens is 212 g/mol. The van der Waals surface area contributed by atoms with Gasteiger partial charge in [-0.2, -0.15) is 0 Å². The lowest BCUT2D eigenvalue weighted by Gasteiger charge is -2.21. The number of pyridine rings is 1. The van der Waals surface area contributed by atoms with Crippen LogP contribution in [-0.2, 0) is 11.2 Å². The number of amides is 1. The van der Waals surface area contributed by atoms with Gasteiger partial charge in [-0.1, -0.05) is 32.3 Å². The number of aryl methyl sites for hydroxylation is 1. The first kappa shape index (κ1) is 12.1. The van der Waals surface area contributed by atoms with Gasteiger partial charge < -0.3 is 5.32 Å². The Balaban J connectivity index is 2.01. The zero-order valence-electron chi connectivity index (χ0n) is 10.4. The topological polar surface area (TPSA) is 42.0 Å². The molecule has 1 aromatic heterocycles. The number of carbonyl (C=O) groups excluding carboxylic acids is 1. The summed E-state index contributed by atoms with van der Waals surface area (Å²) in [6.07, 6.45) is 8.32. The number of hydrogen-bond donors (Lipinski definition) is 1. The van der Waals surface area contributed by atoms with Gasteiger partial charge in [-0.25, -0.2) is 4.98 Å². The molecule has 0 bridgehead atoms. The van der Waals surface area contributed by atoms with E-state index in [0.29, 0.717) is 0 Å². The van der Waals surface area contributed by atoms with Crippen LogP contribution in [0.2, 0.25) is 0 Å². The van der Waals surface area contributed by atoms with E-state index in [9.17, 15) is 4.79 Å². The van der Waals surface area contributed by atoms with Crippen LogP contribution >= 0.6 is 0 Å². The maximum absolute atomic E-state index is 12.1. The van der Waals surface area contributed by atoms with E-state index < -0.39 is 0 Å². The van der Waals surface area contributed by atoms with E-state index in [1.807, 2.05) is 12.1 Å². The Morgan fingerprint density at radius 2 is 2.18 bits per heavy atom. The summed E-state index contributed by atoms with van der Waals surface area (Å²) in [6.45, 7) is 2.08. The molecule has 0 spiro atoms. The molecule has 0 aliphatic heterocycles.